The predicted octanol–water partition coefficient (Wildman–Crippen LogP) is 4.61. The number of carbonyl (C=O) groups is 2. The molecule has 0 unspecified atom stereocenters. The molecule has 0 aliphatic rings. The lowest BCUT2D eigenvalue weighted by molar-refractivity contribution is 0.0729. The standard InChI is InChI=1S/C27H20FN3O5S/c28-25-9-5-4-8-24(25)27(33)36-22-16-10-19(11-17-22)18-29-30-26(32)20-12-14-21(15-13-20)31-37(34,35)23-6-2-1-3-7-23/h1-18,31H,(H,30,32)/b29-18+. The molecule has 4 aromatic carbocycles. The van der Waals surface area contributed by atoms with Crippen LogP contribution in [0.25, 0.3) is 0 Å². The van der Waals surface area contributed by atoms with Crippen molar-refractivity contribution in [2.24, 2.45) is 5.10 Å². The van der Waals surface area contributed by atoms with Gasteiger partial charge in [-0.25, -0.2) is 23.0 Å². The van der Waals surface area contributed by atoms with Gasteiger partial charge in [-0.2, -0.15) is 5.10 Å². The van der Waals surface area contributed by atoms with E-state index < -0.39 is 27.7 Å². The van der Waals surface area contributed by atoms with Crippen molar-refractivity contribution >= 4 is 33.8 Å². The van der Waals surface area contributed by atoms with Crippen LogP contribution in [-0.2, 0) is 10.0 Å². The fraction of sp³-hybridized carbons (Fsp3) is 0. The molecule has 0 aromatic heterocycles. The highest BCUT2D eigenvalue weighted by Gasteiger charge is 2.14. The largest absolute Gasteiger partial charge is 0.423 e. The van der Waals surface area contributed by atoms with Crippen LogP contribution in [0.15, 0.2) is 113 Å². The van der Waals surface area contributed by atoms with Gasteiger partial charge in [-0.1, -0.05) is 30.3 Å². The molecule has 0 spiro atoms. The van der Waals surface area contributed by atoms with Crippen LogP contribution in [0.5, 0.6) is 5.75 Å². The third-order valence-corrected chi connectivity index (χ3v) is 6.41. The maximum atomic E-state index is 13.7. The average molecular weight is 518 g/mol. The van der Waals surface area contributed by atoms with E-state index in [1.165, 1.54) is 79.0 Å². The van der Waals surface area contributed by atoms with E-state index >= 15 is 0 Å². The maximum Gasteiger partial charge on any atom is 0.346 e. The molecule has 0 aliphatic carbocycles. The van der Waals surface area contributed by atoms with Crippen LogP contribution in [0, 0.1) is 5.82 Å². The number of amides is 1. The first-order chi connectivity index (χ1) is 17.8. The molecule has 8 nitrogen and oxygen atoms in total. The Hall–Kier alpha value is -4.83. The SMILES string of the molecule is O=C(N/N=C/c1ccc(OC(=O)c2ccccc2F)cc1)c1ccc(NS(=O)(=O)c2ccccc2)cc1. The lowest BCUT2D eigenvalue weighted by Gasteiger charge is -2.08. The summed E-state index contributed by atoms with van der Waals surface area (Å²) in [4.78, 5) is 24.6. The molecule has 4 rings (SSSR count). The lowest BCUT2D eigenvalue weighted by Crippen LogP contribution is -2.18. The highest BCUT2D eigenvalue weighted by molar-refractivity contribution is 7.92. The number of hydrogen-bond donors (Lipinski definition) is 2. The summed E-state index contributed by atoms with van der Waals surface area (Å²) < 4.78 is 46.1. The molecule has 0 bridgehead atoms. The van der Waals surface area contributed by atoms with Gasteiger partial charge in [0, 0.05) is 11.3 Å². The number of benzene rings is 4. The van der Waals surface area contributed by atoms with Gasteiger partial charge in [0.15, 0.2) is 0 Å². The van der Waals surface area contributed by atoms with E-state index in [1.807, 2.05) is 0 Å². The van der Waals surface area contributed by atoms with Gasteiger partial charge in [-0.05, 0) is 78.4 Å². The Kier molecular flexibility index (Phi) is 7.70. The molecular formula is C27H20FN3O5S. The van der Waals surface area contributed by atoms with Gasteiger partial charge in [0.25, 0.3) is 15.9 Å². The highest BCUT2D eigenvalue weighted by atomic mass is 32.2. The Balaban J connectivity index is 1.31. The molecule has 0 aliphatic heterocycles. The number of esters is 1. The van der Waals surface area contributed by atoms with Crippen LogP contribution in [0.4, 0.5) is 10.1 Å². The zero-order chi connectivity index (χ0) is 26.3. The molecular weight excluding hydrogens is 497 g/mol. The van der Waals surface area contributed by atoms with Crippen molar-refractivity contribution in [3.63, 3.8) is 0 Å². The van der Waals surface area contributed by atoms with E-state index in [-0.39, 0.29) is 21.8 Å². The fourth-order valence-corrected chi connectivity index (χ4v) is 4.22. The number of carbonyl (C=O) groups excluding carboxylic acids is 2. The van der Waals surface area contributed by atoms with Crippen molar-refractivity contribution in [3.8, 4) is 5.75 Å². The van der Waals surface area contributed by atoms with Gasteiger partial charge >= 0.3 is 5.97 Å². The van der Waals surface area contributed by atoms with Crippen LogP contribution >= 0.6 is 0 Å². The molecule has 37 heavy (non-hydrogen) atoms. The molecule has 0 atom stereocenters. The molecule has 1 amide bonds. The maximum absolute atomic E-state index is 13.7. The second-order valence-corrected chi connectivity index (χ2v) is 9.32. The summed E-state index contributed by atoms with van der Waals surface area (Å²) in [5.41, 5.74) is 3.40. The van der Waals surface area contributed by atoms with Crippen molar-refractivity contribution in [1.82, 2.24) is 5.43 Å². The summed E-state index contributed by atoms with van der Waals surface area (Å²) in [5, 5.41) is 3.90. The van der Waals surface area contributed by atoms with Gasteiger partial charge in [-0.15, -0.1) is 0 Å². The average Bonchev–Trinajstić information content (AvgIpc) is 2.90. The number of nitrogens with one attached hydrogen (secondary N) is 2. The van der Waals surface area contributed by atoms with Crippen molar-refractivity contribution in [2.45, 2.75) is 4.90 Å². The number of sulfonamides is 1. The summed E-state index contributed by atoms with van der Waals surface area (Å²) >= 11 is 0. The van der Waals surface area contributed by atoms with E-state index in [1.54, 1.807) is 30.3 Å². The van der Waals surface area contributed by atoms with Crippen LogP contribution in [0.1, 0.15) is 26.3 Å². The minimum absolute atomic E-state index is 0.127. The first-order valence-corrected chi connectivity index (χ1v) is 12.4. The van der Waals surface area contributed by atoms with E-state index in [0.29, 0.717) is 11.3 Å². The first-order valence-electron chi connectivity index (χ1n) is 10.9. The summed E-state index contributed by atoms with van der Waals surface area (Å²) in [6.07, 6.45) is 1.39. The first kappa shape index (κ1) is 25.3. The zero-order valence-corrected chi connectivity index (χ0v) is 20.0. The van der Waals surface area contributed by atoms with E-state index in [2.05, 4.69) is 15.2 Å². The normalized spacial score (nSPS) is 11.2. The summed E-state index contributed by atoms with van der Waals surface area (Å²) in [7, 11) is -3.74. The number of rotatable bonds is 8. The van der Waals surface area contributed by atoms with Crippen molar-refractivity contribution in [1.29, 1.82) is 0 Å². The quantitative estimate of drug-likeness (QED) is 0.153. The molecule has 0 saturated heterocycles. The van der Waals surface area contributed by atoms with Gasteiger partial charge in [0.2, 0.25) is 0 Å². The molecule has 0 saturated carbocycles. The number of hydrogen-bond acceptors (Lipinski definition) is 6. The number of halogens is 1. The second-order valence-electron chi connectivity index (χ2n) is 7.63. The molecule has 2 N–H and O–H groups in total. The number of nitrogens with zero attached hydrogens (tertiary/aromatic N) is 1. The van der Waals surface area contributed by atoms with Crippen LogP contribution in [0.2, 0.25) is 0 Å². The lowest BCUT2D eigenvalue weighted by atomic mass is 10.2. The smallest absolute Gasteiger partial charge is 0.346 e. The number of ether oxygens (including phenoxy) is 1. The molecule has 0 heterocycles. The Bertz CT molecular complexity index is 1540. The van der Waals surface area contributed by atoms with Gasteiger partial charge < -0.3 is 4.74 Å². The van der Waals surface area contributed by atoms with E-state index in [0.717, 1.165) is 0 Å². The molecule has 0 fully saturated rings. The highest BCUT2D eigenvalue weighted by Crippen LogP contribution is 2.17. The molecule has 4 aromatic rings. The second kappa shape index (κ2) is 11.3. The topological polar surface area (TPSA) is 114 Å². The van der Waals surface area contributed by atoms with Gasteiger partial charge in [-0.3, -0.25) is 9.52 Å². The Labute approximate surface area is 212 Å². The minimum Gasteiger partial charge on any atom is -0.423 e. The van der Waals surface area contributed by atoms with E-state index in [9.17, 15) is 22.4 Å². The number of hydrazone groups is 1. The van der Waals surface area contributed by atoms with Crippen molar-refractivity contribution in [3.05, 3.63) is 126 Å². The van der Waals surface area contributed by atoms with Gasteiger partial charge in [0.05, 0.1) is 16.7 Å². The Morgan fingerprint density at radius 3 is 2.14 bits per heavy atom. The van der Waals surface area contributed by atoms with Crippen LogP contribution < -0.4 is 14.9 Å². The minimum atomic E-state index is -3.74. The molecule has 10 heteroatoms. The third kappa shape index (κ3) is 6.65. The van der Waals surface area contributed by atoms with Gasteiger partial charge in [0.1, 0.15) is 11.6 Å². The van der Waals surface area contributed by atoms with Crippen LogP contribution in [-0.4, -0.2) is 26.5 Å². The summed E-state index contributed by atoms with van der Waals surface area (Å²) in [6.45, 7) is 0. The summed E-state index contributed by atoms with van der Waals surface area (Å²) in [5.74, 6) is -1.76. The molecule has 186 valence electrons. The molecule has 0 radical (unpaired) electrons. The Morgan fingerprint density at radius 2 is 1.46 bits per heavy atom. The fourth-order valence-electron chi connectivity index (χ4n) is 3.14. The zero-order valence-electron chi connectivity index (χ0n) is 19.2. The van der Waals surface area contributed by atoms with E-state index in [4.69, 9.17) is 4.74 Å². The summed E-state index contributed by atoms with van der Waals surface area (Å²) in [6, 6.07) is 25.6. The third-order valence-electron chi connectivity index (χ3n) is 5.02. The van der Waals surface area contributed by atoms with Crippen LogP contribution in [0.3, 0.4) is 0 Å². The monoisotopic (exact) mass is 517 g/mol. The van der Waals surface area contributed by atoms with Crippen molar-refractivity contribution < 1.29 is 27.1 Å². The Morgan fingerprint density at radius 1 is 0.811 bits per heavy atom. The van der Waals surface area contributed by atoms with Crippen molar-refractivity contribution in [2.75, 3.05) is 4.72 Å². The number of anilines is 1. The predicted molar refractivity (Wildman–Crippen MR) is 137 cm³/mol.